The van der Waals surface area contributed by atoms with Crippen LogP contribution in [0.4, 0.5) is 10.5 Å². The Kier molecular flexibility index (Phi) is 5.03. The summed E-state index contributed by atoms with van der Waals surface area (Å²) >= 11 is 0. The van der Waals surface area contributed by atoms with Crippen molar-refractivity contribution in [3.63, 3.8) is 0 Å². The molecule has 1 fully saturated rings. The first-order valence-corrected chi connectivity index (χ1v) is 7.07. The second-order valence-corrected chi connectivity index (χ2v) is 5.28. The Labute approximate surface area is 123 Å². The monoisotopic (exact) mass is 292 g/mol. The van der Waals surface area contributed by atoms with Gasteiger partial charge in [0.05, 0.1) is 0 Å². The van der Waals surface area contributed by atoms with E-state index < -0.39 is 5.97 Å². The molecule has 3 N–H and O–H groups in total. The predicted octanol–water partition coefficient (Wildman–Crippen LogP) is 2.46. The number of anilines is 1. The molecule has 114 valence electrons. The van der Waals surface area contributed by atoms with Gasteiger partial charge >= 0.3 is 12.0 Å². The minimum absolute atomic E-state index is 0.178. The Morgan fingerprint density at radius 2 is 2.00 bits per heavy atom. The van der Waals surface area contributed by atoms with Gasteiger partial charge in [0, 0.05) is 11.7 Å². The zero-order valence-electron chi connectivity index (χ0n) is 12.0. The molecule has 1 unspecified atom stereocenters. The van der Waals surface area contributed by atoms with Crippen LogP contribution in [0.5, 0.6) is 5.75 Å². The zero-order chi connectivity index (χ0) is 15.2. The number of rotatable bonds is 6. The number of nitrogens with one attached hydrogen (secondary N) is 2. The highest BCUT2D eigenvalue weighted by molar-refractivity contribution is 5.89. The van der Waals surface area contributed by atoms with Crippen molar-refractivity contribution in [3.8, 4) is 5.75 Å². The minimum Gasteiger partial charge on any atom is -0.482 e. The van der Waals surface area contributed by atoms with E-state index in [-0.39, 0.29) is 18.7 Å². The average Bonchev–Trinajstić information content (AvgIpc) is 2.35. The molecular formula is C15H20N2O4. The lowest BCUT2D eigenvalue weighted by Crippen LogP contribution is -2.42. The number of urea groups is 1. The normalized spacial score (nSPS) is 15.7. The molecule has 1 aromatic carbocycles. The van der Waals surface area contributed by atoms with Crippen LogP contribution in [-0.4, -0.2) is 29.8 Å². The van der Waals surface area contributed by atoms with Crippen LogP contribution >= 0.6 is 0 Å². The molecule has 2 rings (SSSR count). The van der Waals surface area contributed by atoms with Gasteiger partial charge in [0.15, 0.2) is 6.61 Å². The summed E-state index contributed by atoms with van der Waals surface area (Å²) in [6.45, 7) is 1.64. The standard InChI is InChI=1S/C15H20N2O4/c1-10(11-3-2-4-11)16-15(20)17-12-5-7-13(8-6-12)21-9-14(18)19/h5-8,10-11H,2-4,9H2,1H3,(H,18,19)(H2,16,17,20). The molecule has 2 amide bonds. The van der Waals surface area contributed by atoms with E-state index in [1.807, 2.05) is 6.92 Å². The maximum atomic E-state index is 11.8. The first kappa shape index (κ1) is 15.2. The lowest BCUT2D eigenvalue weighted by molar-refractivity contribution is -0.139. The molecule has 0 aromatic heterocycles. The van der Waals surface area contributed by atoms with Gasteiger partial charge in [0.25, 0.3) is 0 Å². The lowest BCUT2D eigenvalue weighted by Gasteiger charge is -2.31. The molecule has 6 nitrogen and oxygen atoms in total. The molecule has 6 heteroatoms. The Morgan fingerprint density at radius 3 is 2.52 bits per heavy atom. The third kappa shape index (κ3) is 4.66. The smallest absolute Gasteiger partial charge is 0.341 e. The highest BCUT2D eigenvalue weighted by Gasteiger charge is 2.24. The average molecular weight is 292 g/mol. The molecule has 0 spiro atoms. The van der Waals surface area contributed by atoms with E-state index in [0.717, 1.165) is 0 Å². The molecule has 0 saturated heterocycles. The summed E-state index contributed by atoms with van der Waals surface area (Å²) in [5.41, 5.74) is 0.635. The largest absolute Gasteiger partial charge is 0.482 e. The quantitative estimate of drug-likeness (QED) is 0.751. The summed E-state index contributed by atoms with van der Waals surface area (Å²) in [6.07, 6.45) is 3.60. The number of ether oxygens (including phenoxy) is 1. The van der Waals surface area contributed by atoms with Gasteiger partial charge in [-0.1, -0.05) is 6.42 Å². The highest BCUT2D eigenvalue weighted by Crippen LogP contribution is 2.29. The van der Waals surface area contributed by atoms with E-state index in [0.29, 0.717) is 17.4 Å². The van der Waals surface area contributed by atoms with E-state index in [1.165, 1.54) is 19.3 Å². The summed E-state index contributed by atoms with van der Waals surface area (Å²) in [5, 5.41) is 14.2. The maximum Gasteiger partial charge on any atom is 0.341 e. The first-order valence-electron chi connectivity index (χ1n) is 7.07. The highest BCUT2D eigenvalue weighted by atomic mass is 16.5. The van der Waals surface area contributed by atoms with Crippen molar-refractivity contribution >= 4 is 17.7 Å². The Morgan fingerprint density at radius 1 is 1.33 bits per heavy atom. The number of aliphatic carboxylic acids is 1. The molecule has 0 bridgehead atoms. The van der Waals surface area contributed by atoms with Crippen LogP contribution in [0.3, 0.4) is 0 Å². The number of carbonyl (C=O) groups excluding carboxylic acids is 1. The molecule has 0 aliphatic heterocycles. The van der Waals surface area contributed by atoms with Crippen molar-refractivity contribution in [2.45, 2.75) is 32.2 Å². The summed E-state index contributed by atoms with van der Waals surface area (Å²) in [4.78, 5) is 22.2. The van der Waals surface area contributed by atoms with Gasteiger partial charge in [-0.2, -0.15) is 0 Å². The predicted molar refractivity (Wildman–Crippen MR) is 78.5 cm³/mol. The molecule has 21 heavy (non-hydrogen) atoms. The van der Waals surface area contributed by atoms with Crippen molar-refractivity contribution in [2.24, 2.45) is 5.92 Å². The van der Waals surface area contributed by atoms with E-state index in [4.69, 9.17) is 9.84 Å². The van der Waals surface area contributed by atoms with Crippen LogP contribution in [0.25, 0.3) is 0 Å². The number of carbonyl (C=O) groups is 2. The second kappa shape index (κ2) is 6.97. The third-order valence-electron chi connectivity index (χ3n) is 3.69. The molecule has 1 saturated carbocycles. The molecule has 1 aromatic rings. The van der Waals surface area contributed by atoms with Crippen molar-refractivity contribution in [1.29, 1.82) is 0 Å². The van der Waals surface area contributed by atoms with Crippen molar-refractivity contribution in [1.82, 2.24) is 5.32 Å². The van der Waals surface area contributed by atoms with Gasteiger partial charge in [-0.05, 0) is 49.9 Å². The van der Waals surface area contributed by atoms with Crippen molar-refractivity contribution < 1.29 is 19.4 Å². The van der Waals surface area contributed by atoms with Gasteiger partial charge in [-0.3, -0.25) is 0 Å². The van der Waals surface area contributed by atoms with E-state index in [9.17, 15) is 9.59 Å². The van der Waals surface area contributed by atoms with Crippen molar-refractivity contribution in [2.75, 3.05) is 11.9 Å². The van der Waals surface area contributed by atoms with Crippen LogP contribution in [0.15, 0.2) is 24.3 Å². The van der Waals surface area contributed by atoms with Crippen LogP contribution in [-0.2, 0) is 4.79 Å². The van der Waals surface area contributed by atoms with Gasteiger partial charge < -0.3 is 20.5 Å². The van der Waals surface area contributed by atoms with Gasteiger partial charge in [-0.15, -0.1) is 0 Å². The molecule has 0 radical (unpaired) electrons. The van der Waals surface area contributed by atoms with Crippen LogP contribution < -0.4 is 15.4 Å². The summed E-state index contributed by atoms with van der Waals surface area (Å²) in [5.74, 6) is 0.00954. The molecule has 1 aliphatic carbocycles. The van der Waals surface area contributed by atoms with E-state index >= 15 is 0 Å². The zero-order valence-corrected chi connectivity index (χ0v) is 12.0. The van der Waals surface area contributed by atoms with Crippen LogP contribution in [0.2, 0.25) is 0 Å². The van der Waals surface area contributed by atoms with E-state index in [2.05, 4.69) is 10.6 Å². The number of hydrogen-bond donors (Lipinski definition) is 3. The van der Waals surface area contributed by atoms with Gasteiger partial charge in [0.2, 0.25) is 0 Å². The molecule has 0 heterocycles. The second-order valence-electron chi connectivity index (χ2n) is 5.28. The Bertz CT molecular complexity index is 497. The van der Waals surface area contributed by atoms with Crippen LogP contribution in [0.1, 0.15) is 26.2 Å². The molecule has 1 aliphatic rings. The van der Waals surface area contributed by atoms with E-state index in [1.54, 1.807) is 24.3 Å². The fraction of sp³-hybridized carbons (Fsp3) is 0.467. The SMILES string of the molecule is CC(NC(=O)Nc1ccc(OCC(=O)O)cc1)C1CCC1. The minimum atomic E-state index is -1.03. The van der Waals surface area contributed by atoms with Gasteiger partial charge in [0.1, 0.15) is 5.75 Å². The number of amides is 2. The molecular weight excluding hydrogens is 272 g/mol. The Hall–Kier alpha value is -2.24. The number of carboxylic acids is 1. The fourth-order valence-corrected chi connectivity index (χ4v) is 2.21. The van der Waals surface area contributed by atoms with Crippen molar-refractivity contribution in [3.05, 3.63) is 24.3 Å². The topological polar surface area (TPSA) is 87.7 Å². The Balaban J connectivity index is 1.79. The number of carboxylic acid groups (broad SMARTS) is 1. The summed E-state index contributed by atoms with van der Waals surface area (Å²) in [7, 11) is 0. The lowest BCUT2D eigenvalue weighted by atomic mass is 9.80. The summed E-state index contributed by atoms with van der Waals surface area (Å²) in [6, 6.07) is 6.53. The third-order valence-corrected chi connectivity index (χ3v) is 3.69. The summed E-state index contributed by atoms with van der Waals surface area (Å²) < 4.78 is 5.02. The first-order chi connectivity index (χ1) is 10.0. The maximum absolute atomic E-state index is 11.8. The van der Waals surface area contributed by atoms with Crippen LogP contribution in [0, 0.1) is 5.92 Å². The van der Waals surface area contributed by atoms with Gasteiger partial charge in [-0.25, -0.2) is 9.59 Å². The number of benzene rings is 1. The fourth-order valence-electron chi connectivity index (χ4n) is 2.21. The number of hydrogen-bond acceptors (Lipinski definition) is 3. The molecule has 1 atom stereocenters.